The van der Waals surface area contributed by atoms with Crippen LogP contribution in [0.3, 0.4) is 0 Å². The van der Waals surface area contributed by atoms with Gasteiger partial charge in [0, 0.05) is 18.3 Å². The first-order chi connectivity index (χ1) is 5.24. The Balaban J connectivity index is 2.47. The number of hydrogen-bond donors (Lipinski definition) is 0. The number of carbonyl (C=O) groups excluding carboxylic acids is 1. The molecule has 0 unspecified atom stereocenters. The van der Waals surface area contributed by atoms with Crippen molar-refractivity contribution in [2.24, 2.45) is 4.99 Å². The van der Waals surface area contributed by atoms with Gasteiger partial charge in [-0.1, -0.05) is 0 Å². The summed E-state index contributed by atoms with van der Waals surface area (Å²) in [5.74, 6) is -0.242. The predicted octanol–water partition coefficient (Wildman–Crippen LogP) is 1.30. The van der Waals surface area contributed by atoms with Gasteiger partial charge in [-0.05, 0) is 13.8 Å². The van der Waals surface area contributed by atoms with Gasteiger partial charge in [0.2, 0.25) is 0 Å². The van der Waals surface area contributed by atoms with Gasteiger partial charge >= 0.3 is 5.97 Å². The largest absolute Gasteiger partial charge is 0.463 e. The molecule has 0 spiro atoms. The molecule has 1 rings (SSSR count). The van der Waals surface area contributed by atoms with Gasteiger partial charge in [0.25, 0.3) is 0 Å². The molecule has 0 aromatic carbocycles. The molecule has 3 heteroatoms. The van der Waals surface area contributed by atoms with Crippen molar-refractivity contribution in [3.63, 3.8) is 0 Å². The normalized spacial score (nSPS) is 15.8. The number of carbonyl (C=O) groups is 1. The zero-order valence-corrected chi connectivity index (χ0v) is 6.76. The van der Waals surface area contributed by atoms with E-state index < -0.39 is 0 Å². The molecule has 0 N–H and O–H groups in total. The maximum Gasteiger partial charge on any atom is 0.335 e. The lowest BCUT2D eigenvalue weighted by atomic mass is 10.2. The van der Waals surface area contributed by atoms with E-state index in [-0.39, 0.29) is 5.97 Å². The molecule has 0 aromatic heterocycles. The van der Waals surface area contributed by atoms with Crippen LogP contribution in [0.25, 0.3) is 0 Å². The molecule has 0 saturated heterocycles. The number of ether oxygens (including phenoxy) is 1. The van der Waals surface area contributed by atoms with Crippen molar-refractivity contribution >= 4 is 11.7 Å². The lowest BCUT2D eigenvalue weighted by molar-refractivity contribution is -0.138. The topological polar surface area (TPSA) is 38.7 Å². The van der Waals surface area contributed by atoms with Gasteiger partial charge < -0.3 is 4.74 Å². The van der Waals surface area contributed by atoms with Crippen LogP contribution < -0.4 is 0 Å². The molecule has 0 aliphatic carbocycles. The third-order valence-electron chi connectivity index (χ3n) is 1.42. The molecular weight excluding hydrogens is 142 g/mol. The molecule has 0 atom stereocenters. The van der Waals surface area contributed by atoms with Gasteiger partial charge in [-0.25, -0.2) is 4.79 Å². The fourth-order valence-corrected chi connectivity index (χ4v) is 0.904. The molecule has 0 saturated carbocycles. The number of aliphatic imine (C=N–C) groups is 1. The summed E-state index contributed by atoms with van der Waals surface area (Å²) in [5.41, 5.74) is 1.62. The van der Waals surface area contributed by atoms with Gasteiger partial charge in [-0.3, -0.25) is 4.99 Å². The van der Waals surface area contributed by atoms with Crippen LogP contribution in [0.15, 0.2) is 16.8 Å². The highest BCUT2D eigenvalue weighted by Crippen LogP contribution is 2.12. The minimum absolute atomic E-state index is 0.242. The smallest absolute Gasteiger partial charge is 0.335 e. The quantitative estimate of drug-likeness (QED) is 0.561. The lowest BCUT2D eigenvalue weighted by Gasteiger charge is -1.99. The maximum absolute atomic E-state index is 11.0. The minimum atomic E-state index is -0.242. The Morgan fingerprint density at radius 3 is 3.00 bits per heavy atom. The van der Waals surface area contributed by atoms with Crippen molar-refractivity contribution in [1.82, 2.24) is 0 Å². The van der Waals surface area contributed by atoms with E-state index in [9.17, 15) is 4.79 Å². The first-order valence-electron chi connectivity index (χ1n) is 3.63. The van der Waals surface area contributed by atoms with Gasteiger partial charge in [0.1, 0.15) is 0 Å². The Kier molecular flexibility index (Phi) is 2.41. The molecule has 60 valence electrons. The summed E-state index contributed by atoms with van der Waals surface area (Å²) < 4.78 is 4.79. The highest BCUT2D eigenvalue weighted by atomic mass is 16.5. The van der Waals surface area contributed by atoms with Crippen LogP contribution in [0, 0.1) is 0 Å². The highest BCUT2D eigenvalue weighted by Gasteiger charge is 2.14. The van der Waals surface area contributed by atoms with Crippen LogP contribution in [0.2, 0.25) is 0 Å². The monoisotopic (exact) mass is 153 g/mol. The molecule has 1 heterocycles. The van der Waals surface area contributed by atoms with E-state index >= 15 is 0 Å². The van der Waals surface area contributed by atoms with E-state index in [1.807, 2.05) is 6.92 Å². The maximum atomic E-state index is 11.0. The van der Waals surface area contributed by atoms with E-state index in [1.165, 1.54) is 0 Å². The Labute approximate surface area is 65.8 Å². The van der Waals surface area contributed by atoms with Crippen molar-refractivity contribution < 1.29 is 9.53 Å². The number of hydrogen-bond acceptors (Lipinski definition) is 3. The van der Waals surface area contributed by atoms with Crippen molar-refractivity contribution in [3.8, 4) is 0 Å². The molecule has 1 aliphatic rings. The summed E-state index contributed by atoms with van der Waals surface area (Å²) in [6, 6.07) is 0. The molecule has 0 amide bonds. The molecule has 1 aliphatic heterocycles. The Hall–Kier alpha value is -1.12. The zero-order chi connectivity index (χ0) is 8.27. The number of rotatable bonds is 2. The molecule has 0 fully saturated rings. The highest BCUT2D eigenvalue weighted by molar-refractivity contribution is 5.99. The summed E-state index contributed by atoms with van der Waals surface area (Å²) >= 11 is 0. The fraction of sp³-hybridized carbons (Fsp3) is 0.500. The van der Waals surface area contributed by atoms with Crippen LogP contribution in [-0.2, 0) is 9.53 Å². The van der Waals surface area contributed by atoms with Crippen molar-refractivity contribution in [2.75, 3.05) is 6.61 Å². The molecule has 0 bridgehead atoms. The van der Waals surface area contributed by atoms with Gasteiger partial charge in [-0.2, -0.15) is 0 Å². The predicted molar refractivity (Wildman–Crippen MR) is 42.4 cm³/mol. The van der Waals surface area contributed by atoms with E-state index in [2.05, 4.69) is 4.99 Å². The van der Waals surface area contributed by atoms with E-state index in [1.54, 1.807) is 13.1 Å². The summed E-state index contributed by atoms with van der Waals surface area (Å²) in [6.07, 6.45) is 2.21. The summed E-state index contributed by atoms with van der Waals surface area (Å²) in [4.78, 5) is 15.0. The average molecular weight is 153 g/mol. The van der Waals surface area contributed by atoms with Crippen molar-refractivity contribution in [3.05, 3.63) is 11.8 Å². The number of nitrogens with zero attached hydrogens (tertiary/aromatic N) is 1. The first kappa shape index (κ1) is 7.98. The second kappa shape index (κ2) is 3.32. The zero-order valence-electron chi connectivity index (χ0n) is 6.76. The molecule has 11 heavy (non-hydrogen) atoms. The SMILES string of the molecule is CCOC(=O)C1=CN=C(C)C1. The summed E-state index contributed by atoms with van der Waals surface area (Å²) in [5, 5.41) is 0. The van der Waals surface area contributed by atoms with Gasteiger partial charge in [-0.15, -0.1) is 0 Å². The van der Waals surface area contributed by atoms with Crippen molar-refractivity contribution in [2.45, 2.75) is 20.3 Å². The molecular formula is C8H11NO2. The molecule has 0 radical (unpaired) electrons. The van der Waals surface area contributed by atoms with Crippen LogP contribution in [0.1, 0.15) is 20.3 Å². The van der Waals surface area contributed by atoms with E-state index in [0.717, 1.165) is 5.71 Å². The van der Waals surface area contributed by atoms with E-state index in [4.69, 9.17) is 4.74 Å². The van der Waals surface area contributed by atoms with Crippen LogP contribution in [0.4, 0.5) is 0 Å². The van der Waals surface area contributed by atoms with Gasteiger partial charge in [0.15, 0.2) is 0 Å². The summed E-state index contributed by atoms with van der Waals surface area (Å²) in [6.45, 7) is 4.11. The summed E-state index contributed by atoms with van der Waals surface area (Å²) in [7, 11) is 0. The van der Waals surface area contributed by atoms with Crippen LogP contribution in [0.5, 0.6) is 0 Å². The molecule has 0 aromatic rings. The minimum Gasteiger partial charge on any atom is -0.463 e. The van der Waals surface area contributed by atoms with E-state index in [0.29, 0.717) is 18.6 Å². The first-order valence-corrected chi connectivity index (χ1v) is 3.63. The third-order valence-corrected chi connectivity index (χ3v) is 1.42. The fourth-order valence-electron chi connectivity index (χ4n) is 0.904. The Morgan fingerprint density at radius 2 is 2.55 bits per heavy atom. The second-order valence-electron chi connectivity index (χ2n) is 2.42. The van der Waals surface area contributed by atoms with Crippen LogP contribution >= 0.6 is 0 Å². The second-order valence-corrected chi connectivity index (χ2v) is 2.42. The Morgan fingerprint density at radius 1 is 1.82 bits per heavy atom. The third kappa shape index (κ3) is 1.90. The Bertz CT molecular complexity index is 228. The van der Waals surface area contributed by atoms with Crippen molar-refractivity contribution in [1.29, 1.82) is 0 Å². The lowest BCUT2D eigenvalue weighted by Crippen LogP contribution is -2.07. The van der Waals surface area contributed by atoms with Gasteiger partial charge in [0.05, 0.1) is 12.2 Å². The molecule has 3 nitrogen and oxygen atoms in total. The standard InChI is InChI=1S/C8H11NO2/c1-3-11-8(10)7-4-6(2)9-5-7/h5H,3-4H2,1-2H3. The van der Waals surface area contributed by atoms with Crippen LogP contribution in [-0.4, -0.2) is 18.3 Å². The average Bonchev–Trinajstić information content (AvgIpc) is 2.36. The number of esters is 1.